The van der Waals surface area contributed by atoms with Crippen LogP contribution < -0.4 is 19.9 Å². The van der Waals surface area contributed by atoms with Crippen LogP contribution >= 0.6 is 0 Å². The van der Waals surface area contributed by atoms with Crippen LogP contribution in [0.2, 0.25) is 0 Å². The normalized spacial score (nSPS) is 11.7. The molecule has 0 aromatic heterocycles. The fourth-order valence-corrected chi connectivity index (χ4v) is 3.11. The number of primary amides is 1. The zero-order valence-corrected chi connectivity index (χ0v) is 15.2. The molecule has 0 saturated carbocycles. The van der Waals surface area contributed by atoms with Gasteiger partial charge in [-0.15, -0.1) is 0 Å². The highest BCUT2D eigenvalue weighted by Crippen LogP contribution is 2.43. The summed E-state index contributed by atoms with van der Waals surface area (Å²) in [5.41, 5.74) is 7.96. The molecule has 2 N–H and O–H groups in total. The molecule has 2 rings (SSSR count). The molecular formula is C20H25NO4. The Morgan fingerprint density at radius 1 is 1.04 bits per heavy atom. The molecular weight excluding hydrogens is 318 g/mol. The number of amides is 1. The van der Waals surface area contributed by atoms with E-state index >= 15 is 0 Å². The summed E-state index contributed by atoms with van der Waals surface area (Å²) >= 11 is 0. The maximum atomic E-state index is 12.0. The first-order chi connectivity index (χ1) is 12.1. The van der Waals surface area contributed by atoms with Crippen molar-refractivity contribution in [3.05, 3.63) is 53.1 Å². The van der Waals surface area contributed by atoms with Gasteiger partial charge in [-0.05, 0) is 30.4 Å². The van der Waals surface area contributed by atoms with Crippen LogP contribution in [0.15, 0.2) is 36.4 Å². The van der Waals surface area contributed by atoms with E-state index in [0.717, 1.165) is 12.0 Å². The van der Waals surface area contributed by atoms with Gasteiger partial charge in [-0.2, -0.15) is 0 Å². The zero-order valence-electron chi connectivity index (χ0n) is 15.2. The van der Waals surface area contributed by atoms with Crippen LogP contribution in [0, 0.1) is 0 Å². The molecule has 0 aliphatic rings. The third kappa shape index (κ3) is 3.87. The lowest BCUT2D eigenvalue weighted by atomic mass is 9.87. The van der Waals surface area contributed by atoms with Gasteiger partial charge in [0.2, 0.25) is 11.7 Å². The van der Waals surface area contributed by atoms with E-state index in [9.17, 15) is 4.79 Å². The quantitative estimate of drug-likeness (QED) is 0.796. The smallest absolute Gasteiger partial charge is 0.249 e. The zero-order chi connectivity index (χ0) is 18.4. The first-order valence-corrected chi connectivity index (χ1v) is 8.23. The van der Waals surface area contributed by atoms with E-state index in [1.54, 1.807) is 20.3 Å². The number of rotatable bonds is 8. The van der Waals surface area contributed by atoms with Gasteiger partial charge in [0.15, 0.2) is 11.5 Å². The Morgan fingerprint density at radius 2 is 1.68 bits per heavy atom. The van der Waals surface area contributed by atoms with E-state index in [-0.39, 0.29) is 5.92 Å². The van der Waals surface area contributed by atoms with Gasteiger partial charge >= 0.3 is 0 Å². The van der Waals surface area contributed by atoms with Crippen molar-refractivity contribution in [3.63, 3.8) is 0 Å². The molecule has 0 heterocycles. The minimum absolute atomic E-state index is 0.228. The molecule has 1 amide bonds. The van der Waals surface area contributed by atoms with Crippen LogP contribution in [0.25, 0.3) is 0 Å². The van der Waals surface area contributed by atoms with Crippen molar-refractivity contribution < 1.29 is 19.0 Å². The van der Waals surface area contributed by atoms with Crippen molar-refractivity contribution in [2.75, 3.05) is 21.3 Å². The number of benzene rings is 2. The molecule has 2 aromatic rings. The molecule has 0 aliphatic heterocycles. The van der Waals surface area contributed by atoms with Crippen LogP contribution in [-0.4, -0.2) is 27.2 Å². The molecule has 25 heavy (non-hydrogen) atoms. The van der Waals surface area contributed by atoms with Crippen molar-refractivity contribution in [2.24, 2.45) is 5.73 Å². The molecule has 0 radical (unpaired) electrons. The van der Waals surface area contributed by atoms with Crippen LogP contribution in [-0.2, 0) is 6.42 Å². The van der Waals surface area contributed by atoms with Gasteiger partial charge in [-0.3, -0.25) is 4.79 Å². The first-order valence-electron chi connectivity index (χ1n) is 8.23. The third-order valence-corrected chi connectivity index (χ3v) is 4.41. The second-order valence-electron chi connectivity index (χ2n) is 5.76. The molecule has 134 valence electrons. The number of hydrogen-bond donors (Lipinski definition) is 1. The monoisotopic (exact) mass is 343 g/mol. The molecule has 1 atom stereocenters. The highest BCUT2D eigenvalue weighted by atomic mass is 16.5. The van der Waals surface area contributed by atoms with Crippen molar-refractivity contribution in [1.82, 2.24) is 0 Å². The summed E-state index contributed by atoms with van der Waals surface area (Å²) in [6.45, 7) is 2.12. The standard InChI is InChI=1S/C20H25NO4/c1-5-13(14-9-7-6-8-10-14)11-15-16(20(21)22)12-17(23-2)19(25-4)18(15)24-3/h6-10,12-13H,5,11H2,1-4H3,(H2,21,22). The van der Waals surface area contributed by atoms with Gasteiger partial charge in [0.1, 0.15) is 0 Å². The summed E-state index contributed by atoms with van der Waals surface area (Å²) < 4.78 is 16.3. The summed E-state index contributed by atoms with van der Waals surface area (Å²) in [6.07, 6.45) is 1.53. The number of nitrogens with two attached hydrogens (primary N) is 1. The topological polar surface area (TPSA) is 70.8 Å². The van der Waals surface area contributed by atoms with E-state index < -0.39 is 5.91 Å². The molecule has 0 spiro atoms. The van der Waals surface area contributed by atoms with Gasteiger partial charge in [0.05, 0.1) is 21.3 Å². The average molecular weight is 343 g/mol. The molecule has 5 nitrogen and oxygen atoms in total. The van der Waals surface area contributed by atoms with Crippen LogP contribution in [0.5, 0.6) is 17.2 Å². The van der Waals surface area contributed by atoms with Crippen LogP contribution in [0.3, 0.4) is 0 Å². The Labute approximate surface area is 148 Å². The minimum atomic E-state index is -0.517. The highest BCUT2D eigenvalue weighted by Gasteiger charge is 2.25. The fraction of sp³-hybridized carbons (Fsp3) is 0.350. The molecule has 0 saturated heterocycles. The average Bonchev–Trinajstić information content (AvgIpc) is 2.65. The summed E-state index contributed by atoms with van der Waals surface area (Å²) in [5.74, 6) is 1.09. The summed E-state index contributed by atoms with van der Waals surface area (Å²) in [4.78, 5) is 12.0. The highest BCUT2D eigenvalue weighted by molar-refractivity contribution is 5.96. The minimum Gasteiger partial charge on any atom is -0.493 e. The Hall–Kier alpha value is -2.69. The first kappa shape index (κ1) is 18.6. The molecule has 0 bridgehead atoms. The van der Waals surface area contributed by atoms with Gasteiger partial charge < -0.3 is 19.9 Å². The van der Waals surface area contributed by atoms with Gasteiger partial charge in [-0.25, -0.2) is 0 Å². The van der Waals surface area contributed by atoms with Crippen molar-refractivity contribution in [1.29, 1.82) is 0 Å². The van der Waals surface area contributed by atoms with Crippen LogP contribution in [0.1, 0.15) is 40.7 Å². The molecule has 0 fully saturated rings. The number of carbonyl (C=O) groups excluding carboxylic acids is 1. The Kier molecular flexibility index (Phi) is 6.28. The van der Waals surface area contributed by atoms with E-state index in [4.69, 9.17) is 19.9 Å². The van der Waals surface area contributed by atoms with Crippen molar-refractivity contribution in [2.45, 2.75) is 25.7 Å². The molecule has 5 heteroatoms. The summed E-state index contributed by atoms with van der Waals surface area (Å²) in [5, 5.41) is 0. The largest absolute Gasteiger partial charge is 0.493 e. The maximum absolute atomic E-state index is 12.0. The summed E-state index contributed by atoms with van der Waals surface area (Å²) in [7, 11) is 4.61. The van der Waals surface area contributed by atoms with E-state index in [2.05, 4.69) is 19.1 Å². The SMILES string of the molecule is CCC(Cc1c(C(N)=O)cc(OC)c(OC)c1OC)c1ccccc1. The Bertz CT molecular complexity index is 728. The number of ether oxygens (including phenoxy) is 3. The number of hydrogen-bond acceptors (Lipinski definition) is 4. The van der Waals surface area contributed by atoms with Gasteiger partial charge in [-0.1, -0.05) is 37.3 Å². The third-order valence-electron chi connectivity index (χ3n) is 4.41. The number of carbonyl (C=O) groups is 1. The Balaban J connectivity index is 2.59. The molecule has 2 aromatic carbocycles. The predicted octanol–water partition coefficient (Wildman–Crippen LogP) is 3.55. The second kappa shape index (κ2) is 8.42. The van der Waals surface area contributed by atoms with Crippen molar-refractivity contribution >= 4 is 5.91 Å². The van der Waals surface area contributed by atoms with E-state index in [0.29, 0.717) is 29.2 Å². The predicted molar refractivity (Wildman–Crippen MR) is 97.8 cm³/mol. The lowest BCUT2D eigenvalue weighted by molar-refractivity contribution is 0.0998. The lowest BCUT2D eigenvalue weighted by Crippen LogP contribution is -2.17. The second-order valence-corrected chi connectivity index (χ2v) is 5.76. The number of methoxy groups -OCH3 is 3. The molecule has 0 aliphatic carbocycles. The van der Waals surface area contributed by atoms with Crippen LogP contribution in [0.4, 0.5) is 0 Å². The van der Waals surface area contributed by atoms with Gasteiger partial charge in [0, 0.05) is 11.1 Å². The fourth-order valence-electron chi connectivity index (χ4n) is 3.11. The summed E-state index contributed by atoms with van der Waals surface area (Å²) in [6, 6.07) is 11.8. The maximum Gasteiger partial charge on any atom is 0.249 e. The Morgan fingerprint density at radius 3 is 2.16 bits per heavy atom. The van der Waals surface area contributed by atoms with Crippen molar-refractivity contribution in [3.8, 4) is 17.2 Å². The van der Waals surface area contributed by atoms with Gasteiger partial charge in [0.25, 0.3) is 0 Å². The van der Waals surface area contributed by atoms with E-state index in [1.165, 1.54) is 12.7 Å². The lowest BCUT2D eigenvalue weighted by Gasteiger charge is -2.22. The molecule has 1 unspecified atom stereocenters. The van der Waals surface area contributed by atoms with E-state index in [1.807, 2.05) is 18.2 Å².